The van der Waals surface area contributed by atoms with Crippen molar-refractivity contribution in [3.63, 3.8) is 0 Å². The second-order valence-corrected chi connectivity index (χ2v) is 6.90. The minimum atomic E-state index is -0.473. The van der Waals surface area contributed by atoms with Crippen LogP contribution in [-0.4, -0.2) is 47.1 Å². The SMILES string of the molecule is COC(=O)c1cnc(CN2C[C@@H](c3ccccc3)O[C@@H](C(C)C)C2)cn1. The number of nitrogens with zero attached hydrogens (tertiary/aromatic N) is 3. The van der Waals surface area contributed by atoms with Gasteiger partial charge in [-0.2, -0.15) is 0 Å². The van der Waals surface area contributed by atoms with Crippen LogP contribution in [0.15, 0.2) is 42.7 Å². The van der Waals surface area contributed by atoms with Gasteiger partial charge in [0.05, 0.1) is 37.4 Å². The molecule has 1 aliphatic rings. The summed E-state index contributed by atoms with van der Waals surface area (Å²) in [6.45, 7) is 6.68. The van der Waals surface area contributed by atoms with Crippen LogP contribution >= 0.6 is 0 Å². The van der Waals surface area contributed by atoms with Crippen LogP contribution in [0.1, 0.15) is 41.7 Å². The molecule has 0 N–H and O–H groups in total. The molecule has 1 aromatic heterocycles. The van der Waals surface area contributed by atoms with Crippen molar-refractivity contribution < 1.29 is 14.3 Å². The van der Waals surface area contributed by atoms with Crippen LogP contribution in [0.4, 0.5) is 0 Å². The Morgan fingerprint density at radius 3 is 2.62 bits per heavy atom. The molecule has 2 atom stereocenters. The Labute approximate surface area is 154 Å². The Morgan fingerprint density at radius 1 is 1.23 bits per heavy atom. The van der Waals surface area contributed by atoms with Crippen molar-refractivity contribution in [1.82, 2.24) is 14.9 Å². The molecular formula is C20H25N3O3. The van der Waals surface area contributed by atoms with Crippen molar-refractivity contribution in [3.05, 3.63) is 59.7 Å². The summed E-state index contributed by atoms with van der Waals surface area (Å²) < 4.78 is 11.0. The molecule has 6 nitrogen and oxygen atoms in total. The average Bonchev–Trinajstić information content (AvgIpc) is 2.68. The van der Waals surface area contributed by atoms with E-state index in [2.05, 4.69) is 45.6 Å². The van der Waals surface area contributed by atoms with E-state index in [1.807, 2.05) is 18.2 Å². The van der Waals surface area contributed by atoms with Crippen molar-refractivity contribution in [3.8, 4) is 0 Å². The summed E-state index contributed by atoms with van der Waals surface area (Å²) in [4.78, 5) is 22.3. The van der Waals surface area contributed by atoms with Gasteiger partial charge in [0, 0.05) is 19.6 Å². The van der Waals surface area contributed by atoms with Gasteiger partial charge in [0.25, 0.3) is 0 Å². The predicted octanol–water partition coefficient (Wildman–Crippen LogP) is 2.86. The summed E-state index contributed by atoms with van der Waals surface area (Å²) in [6, 6.07) is 10.3. The van der Waals surface area contributed by atoms with Gasteiger partial charge in [-0.1, -0.05) is 44.2 Å². The van der Waals surface area contributed by atoms with Crippen molar-refractivity contribution >= 4 is 5.97 Å². The number of hydrogen-bond donors (Lipinski definition) is 0. The lowest BCUT2D eigenvalue weighted by atomic mass is 10.0. The first-order chi connectivity index (χ1) is 12.6. The topological polar surface area (TPSA) is 64.5 Å². The highest BCUT2D eigenvalue weighted by Crippen LogP contribution is 2.28. The molecule has 6 heteroatoms. The monoisotopic (exact) mass is 355 g/mol. The van der Waals surface area contributed by atoms with Gasteiger partial charge in [0.2, 0.25) is 0 Å². The van der Waals surface area contributed by atoms with Gasteiger partial charge in [0.15, 0.2) is 5.69 Å². The lowest BCUT2D eigenvalue weighted by Crippen LogP contribution is -2.45. The molecule has 26 heavy (non-hydrogen) atoms. The number of carbonyl (C=O) groups excluding carboxylic acids is 1. The number of aromatic nitrogens is 2. The quantitative estimate of drug-likeness (QED) is 0.769. The average molecular weight is 355 g/mol. The number of carbonyl (C=O) groups is 1. The van der Waals surface area contributed by atoms with E-state index in [-0.39, 0.29) is 17.9 Å². The molecule has 0 unspecified atom stereocenters. The minimum absolute atomic E-state index is 0.0413. The van der Waals surface area contributed by atoms with Crippen LogP contribution in [0.3, 0.4) is 0 Å². The highest BCUT2D eigenvalue weighted by molar-refractivity contribution is 5.86. The second kappa shape index (κ2) is 8.38. The Morgan fingerprint density at radius 2 is 2.00 bits per heavy atom. The molecule has 1 aliphatic heterocycles. The molecule has 138 valence electrons. The fraction of sp³-hybridized carbons (Fsp3) is 0.450. The fourth-order valence-corrected chi connectivity index (χ4v) is 3.08. The van der Waals surface area contributed by atoms with Gasteiger partial charge < -0.3 is 9.47 Å². The first-order valence-electron chi connectivity index (χ1n) is 8.88. The van der Waals surface area contributed by atoms with Gasteiger partial charge in [0.1, 0.15) is 0 Å². The summed E-state index contributed by atoms with van der Waals surface area (Å²) in [7, 11) is 1.33. The molecule has 0 aliphatic carbocycles. The highest BCUT2D eigenvalue weighted by atomic mass is 16.5. The number of benzene rings is 1. The maximum Gasteiger partial charge on any atom is 0.358 e. The van der Waals surface area contributed by atoms with Gasteiger partial charge >= 0.3 is 5.97 Å². The van der Waals surface area contributed by atoms with Crippen LogP contribution in [0, 0.1) is 5.92 Å². The molecule has 2 heterocycles. The van der Waals surface area contributed by atoms with Crippen molar-refractivity contribution in [2.45, 2.75) is 32.6 Å². The molecule has 0 bridgehead atoms. The predicted molar refractivity (Wildman–Crippen MR) is 97.5 cm³/mol. The number of rotatable bonds is 5. The van der Waals surface area contributed by atoms with Crippen molar-refractivity contribution in [2.75, 3.05) is 20.2 Å². The van der Waals surface area contributed by atoms with Crippen molar-refractivity contribution in [2.24, 2.45) is 5.92 Å². The van der Waals surface area contributed by atoms with E-state index < -0.39 is 5.97 Å². The minimum Gasteiger partial charge on any atom is -0.464 e. The summed E-state index contributed by atoms with van der Waals surface area (Å²) in [5, 5.41) is 0. The Bertz CT molecular complexity index is 719. The standard InChI is InChI=1S/C20H25N3O3/c1-14(2)18-12-23(13-19(26-18)15-7-5-4-6-8-15)11-16-9-22-17(10-21-16)20(24)25-3/h4-10,14,18-19H,11-13H2,1-3H3/t18-,19+/m1/s1. The lowest BCUT2D eigenvalue weighted by molar-refractivity contribution is -0.108. The van der Waals surface area contributed by atoms with E-state index in [1.165, 1.54) is 18.9 Å². The molecule has 0 radical (unpaired) electrons. The van der Waals surface area contributed by atoms with Crippen LogP contribution in [0.25, 0.3) is 0 Å². The highest BCUT2D eigenvalue weighted by Gasteiger charge is 2.30. The maximum absolute atomic E-state index is 11.5. The second-order valence-electron chi connectivity index (χ2n) is 6.90. The Hall–Kier alpha value is -2.31. The summed E-state index contributed by atoms with van der Waals surface area (Å²) in [5.41, 5.74) is 2.24. The van der Waals surface area contributed by atoms with Crippen LogP contribution in [0.5, 0.6) is 0 Å². The van der Waals surface area contributed by atoms with Gasteiger partial charge in [-0.15, -0.1) is 0 Å². The van der Waals surface area contributed by atoms with E-state index in [4.69, 9.17) is 4.74 Å². The van der Waals surface area contributed by atoms with E-state index in [9.17, 15) is 4.79 Å². The molecule has 1 aromatic carbocycles. The zero-order chi connectivity index (χ0) is 18.5. The first-order valence-corrected chi connectivity index (χ1v) is 8.88. The van der Waals surface area contributed by atoms with E-state index >= 15 is 0 Å². The maximum atomic E-state index is 11.5. The van der Waals surface area contributed by atoms with Crippen LogP contribution in [-0.2, 0) is 16.0 Å². The third kappa shape index (κ3) is 4.45. The van der Waals surface area contributed by atoms with E-state index in [0.717, 1.165) is 18.8 Å². The molecule has 1 saturated heterocycles. The van der Waals surface area contributed by atoms with Crippen molar-refractivity contribution in [1.29, 1.82) is 0 Å². The summed E-state index contributed by atoms with van der Waals surface area (Å²) in [5.74, 6) is -0.0452. The number of esters is 1. The van der Waals surface area contributed by atoms with E-state index in [0.29, 0.717) is 12.5 Å². The molecule has 0 amide bonds. The first kappa shape index (κ1) is 18.5. The molecule has 0 spiro atoms. The lowest BCUT2D eigenvalue weighted by Gasteiger charge is -2.39. The molecular weight excluding hydrogens is 330 g/mol. The summed E-state index contributed by atoms with van der Waals surface area (Å²) in [6.07, 6.45) is 3.32. The molecule has 3 rings (SSSR count). The normalized spacial score (nSPS) is 20.9. The molecule has 1 fully saturated rings. The number of methoxy groups -OCH3 is 1. The zero-order valence-electron chi connectivity index (χ0n) is 15.5. The van der Waals surface area contributed by atoms with Gasteiger partial charge in [-0.25, -0.2) is 9.78 Å². The van der Waals surface area contributed by atoms with Crippen LogP contribution < -0.4 is 0 Å². The van der Waals surface area contributed by atoms with Gasteiger partial charge in [-0.3, -0.25) is 9.88 Å². The summed E-state index contributed by atoms with van der Waals surface area (Å²) >= 11 is 0. The third-order valence-corrected chi connectivity index (χ3v) is 4.60. The molecule has 0 saturated carbocycles. The fourth-order valence-electron chi connectivity index (χ4n) is 3.08. The molecule has 2 aromatic rings. The number of hydrogen-bond acceptors (Lipinski definition) is 6. The Balaban J connectivity index is 1.72. The van der Waals surface area contributed by atoms with Crippen LogP contribution in [0.2, 0.25) is 0 Å². The number of ether oxygens (including phenoxy) is 2. The Kier molecular flexibility index (Phi) is 5.96. The van der Waals surface area contributed by atoms with E-state index in [1.54, 1.807) is 6.20 Å². The number of morpholine rings is 1. The zero-order valence-corrected chi connectivity index (χ0v) is 15.5. The smallest absolute Gasteiger partial charge is 0.358 e. The largest absolute Gasteiger partial charge is 0.464 e. The van der Waals surface area contributed by atoms with Gasteiger partial charge in [-0.05, 0) is 11.5 Å². The third-order valence-electron chi connectivity index (χ3n) is 4.60.